The van der Waals surface area contributed by atoms with Gasteiger partial charge < -0.3 is 0 Å². The summed E-state index contributed by atoms with van der Waals surface area (Å²) in [5.74, 6) is 7.19. The largest absolute Gasteiger partial charge is 0.0944 e. The highest BCUT2D eigenvalue weighted by Gasteiger charge is 2.08. The van der Waals surface area contributed by atoms with Gasteiger partial charge in [-0.2, -0.15) is 0 Å². The molecular formula is C15H17Cl. The van der Waals surface area contributed by atoms with Crippen molar-refractivity contribution >= 4 is 11.6 Å². The Bertz CT molecular complexity index is 389. The first kappa shape index (κ1) is 11.6. The van der Waals surface area contributed by atoms with E-state index in [9.17, 15) is 0 Å². The van der Waals surface area contributed by atoms with E-state index in [-0.39, 0.29) is 0 Å². The van der Waals surface area contributed by atoms with Crippen LogP contribution in [0.25, 0.3) is 0 Å². The Balaban J connectivity index is 2.06. The summed E-state index contributed by atoms with van der Waals surface area (Å²) in [6.07, 6.45) is 7.95. The molecule has 1 aromatic carbocycles. The maximum atomic E-state index is 6.07. The minimum atomic E-state index is 0.582. The Morgan fingerprint density at radius 3 is 2.38 bits per heavy atom. The molecule has 1 heteroatoms. The van der Waals surface area contributed by atoms with Crippen molar-refractivity contribution in [3.63, 3.8) is 0 Å². The first-order chi connectivity index (χ1) is 7.86. The van der Waals surface area contributed by atoms with E-state index in [0.717, 1.165) is 10.6 Å². The number of benzene rings is 1. The zero-order valence-electron chi connectivity index (χ0n) is 9.51. The molecule has 0 N–H and O–H groups in total. The summed E-state index contributed by atoms with van der Waals surface area (Å²) in [6.45, 7) is 0. The van der Waals surface area contributed by atoms with Gasteiger partial charge in [0.2, 0.25) is 0 Å². The normalized spacial score (nSPS) is 17.3. The number of hydrogen-bond acceptors (Lipinski definition) is 0. The topological polar surface area (TPSA) is 0 Å². The molecule has 0 aliphatic heterocycles. The second-order valence-electron chi connectivity index (χ2n) is 4.44. The number of hydrogen-bond donors (Lipinski definition) is 0. The van der Waals surface area contributed by atoms with Gasteiger partial charge >= 0.3 is 0 Å². The van der Waals surface area contributed by atoms with Crippen molar-refractivity contribution in [1.82, 2.24) is 0 Å². The second-order valence-corrected chi connectivity index (χ2v) is 4.84. The maximum Gasteiger partial charge on any atom is 0.0562 e. The molecule has 0 spiro atoms. The van der Waals surface area contributed by atoms with Gasteiger partial charge in [0.25, 0.3) is 0 Å². The van der Waals surface area contributed by atoms with Crippen molar-refractivity contribution in [2.45, 2.75) is 38.5 Å². The molecule has 84 valence electrons. The molecule has 0 aromatic heterocycles. The minimum absolute atomic E-state index is 0.582. The standard InChI is InChI=1S/C15H17Cl/c16-15-10-6-5-9-14(15)12-11-13-7-3-1-2-4-8-13/h5-6,9-10,13H,1-4,7-8H2. The minimum Gasteiger partial charge on any atom is -0.0944 e. The van der Waals surface area contributed by atoms with Crippen molar-refractivity contribution in [3.05, 3.63) is 34.9 Å². The summed E-state index contributed by atoms with van der Waals surface area (Å²) in [5.41, 5.74) is 0.966. The lowest BCUT2D eigenvalue weighted by molar-refractivity contribution is 0.577. The van der Waals surface area contributed by atoms with E-state index in [1.54, 1.807) is 0 Å². The fourth-order valence-corrected chi connectivity index (χ4v) is 2.35. The van der Waals surface area contributed by atoms with Crippen LogP contribution in [-0.4, -0.2) is 0 Å². The van der Waals surface area contributed by atoms with Crippen LogP contribution in [0.2, 0.25) is 5.02 Å². The molecule has 1 fully saturated rings. The third kappa shape index (κ3) is 3.29. The van der Waals surface area contributed by atoms with E-state index in [1.807, 2.05) is 24.3 Å². The van der Waals surface area contributed by atoms with Crippen LogP contribution in [0.15, 0.2) is 24.3 Å². The molecule has 16 heavy (non-hydrogen) atoms. The molecule has 0 radical (unpaired) electrons. The summed E-state index contributed by atoms with van der Waals surface area (Å²) >= 11 is 6.07. The summed E-state index contributed by atoms with van der Waals surface area (Å²) in [7, 11) is 0. The quantitative estimate of drug-likeness (QED) is 0.451. The first-order valence-corrected chi connectivity index (χ1v) is 6.50. The molecule has 1 aromatic rings. The lowest BCUT2D eigenvalue weighted by Gasteiger charge is -2.04. The highest BCUT2D eigenvalue weighted by atomic mass is 35.5. The maximum absolute atomic E-state index is 6.07. The zero-order valence-corrected chi connectivity index (χ0v) is 10.3. The van der Waals surface area contributed by atoms with Crippen LogP contribution in [0.1, 0.15) is 44.1 Å². The molecule has 0 amide bonds. The average molecular weight is 233 g/mol. The SMILES string of the molecule is Clc1ccccc1C#CC1CCCCCC1. The summed E-state index contributed by atoms with van der Waals surface area (Å²) in [5, 5.41) is 0.767. The van der Waals surface area contributed by atoms with Crippen LogP contribution in [-0.2, 0) is 0 Å². The van der Waals surface area contributed by atoms with Crippen LogP contribution < -0.4 is 0 Å². The molecular weight excluding hydrogens is 216 g/mol. The van der Waals surface area contributed by atoms with Gasteiger partial charge in [0.15, 0.2) is 0 Å². The molecule has 0 heterocycles. The summed E-state index contributed by atoms with van der Waals surface area (Å²) in [4.78, 5) is 0. The second kappa shape index (κ2) is 5.97. The molecule has 0 saturated heterocycles. The Labute approximate surface area is 103 Å². The lowest BCUT2D eigenvalue weighted by Crippen LogP contribution is -1.94. The van der Waals surface area contributed by atoms with E-state index in [4.69, 9.17) is 11.6 Å². The van der Waals surface area contributed by atoms with Gasteiger partial charge in [-0.15, -0.1) is 0 Å². The molecule has 1 aliphatic carbocycles. The smallest absolute Gasteiger partial charge is 0.0562 e. The Kier molecular flexibility index (Phi) is 4.31. The first-order valence-electron chi connectivity index (χ1n) is 6.12. The van der Waals surface area contributed by atoms with Crippen LogP contribution in [0.5, 0.6) is 0 Å². The molecule has 0 bridgehead atoms. The Morgan fingerprint density at radius 1 is 1.00 bits per heavy atom. The fourth-order valence-electron chi connectivity index (χ4n) is 2.17. The van der Waals surface area contributed by atoms with Gasteiger partial charge in [-0.25, -0.2) is 0 Å². The van der Waals surface area contributed by atoms with Crippen molar-refractivity contribution in [2.24, 2.45) is 5.92 Å². The molecule has 1 aliphatic rings. The van der Waals surface area contributed by atoms with Crippen molar-refractivity contribution in [3.8, 4) is 11.8 Å². The van der Waals surface area contributed by atoms with Crippen LogP contribution in [0, 0.1) is 17.8 Å². The monoisotopic (exact) mass is 232 g/mol. The van der Waals surface area contributed by atoms with Crippen molar-refractivity contribution in [2.75, 3.05) is 0 Å². The highest BCUT2D eigenvalue weighted by molar-refractivity contribution is 6.31. The van der Waals surface area contributed by atoms with E-state index in [1.165, 1.54) is 38.5 Å². The fraction of sp³-hybridized carbons (Fsp3) is 0.467. The molecule has 1 saturated carbocycles. The number of rotatable bonds is 0. The summed E-state index contributed by atoms with van der Waals surface area (Å²) in [6, 6.07) is 7.83. The predicted molar refractivity (Wildman–Crippen MR) is 69.5 cm³/mol. The predicted octanol–water partition coefficient (Wildman–Crippen LogP) is 4.66. The molecule has 0 atom stereocenters. The van der Waals surface area contributed by atoms with E-state index in [0.29, 0.717) is 5.92 Å². The molecule has 0 unspecified atom stereocenters. The van der Waals surface area contributed by atoms with Crippen molar-refractivity contribution in [1.29, 1.82) is 0 Å². The van der Waals surface area contributed by atoms with Gasteiger partial charge in [0.05, 0.1) is 5.02 Å². The van der Waals surface area contributed by atoms with Crippen LogP contribution in [0.3, 0.4) is 0 Å². The molecule has 0 nitrogen and oxygen atoms in total. The third-order valence-corrected chi connectivity index (χ3v) is 3.47. The van der Waals surface area contributed by atoms with Crippen LogP contribution in [0.4, 0.5) is 0 Å². The Morgan fingerprint density at radius 2 is 1.69 bits per heavy atom. The number of halogens is 1. The van der Waals surface area contributed by atoms with E-state index in [2.05, 4.69) is 11.8 Å². The summed E-state index contributed by atoms with van der Waals surface area (Å²) < 4.78 is 0. The third-order valence-electron chi connectivity index (χ3n) is 3.14. The average Bonchev–Trinajstić information content (AvgIpc) is 2.56. The van der Waals surface area contributed by atoms with Gasteiger partial charge in [-0.1, -0.05) is 61.3 Å². The van der Waals surface area contributed by atoms with Gasteiger partial charge in [0.1, 0.15) is 0 Å². The van der Waals surface area contributed by atoms with Gasteiger partial charge in [0, 0.05) is 11.5 Å². The van der Waals surface area contributed by atoms with Crippen LogP contribution >= 0.6 is 11.6 Å². The van der Waals surface area contributed by atoms with E-state index >= 15 is 0 Å². The Hall–Kier alpha value is -0.930. The highest BCUT2D eigenvalue weighted by Crippen LogP contribution is 2.22. The van der Waals surface area contributed by atoms with Crippen molar-refractivity contribution < 1.29 is 0 Å². The van der Waals surface area contributed by atoms with E-state index < -0.39 is 0 Å². The van der Waals surface area contributed by atoms with Gasteiger partial charge in [-0.3, -0.25) is 0 Å². The molecule has 2 rings (SSSR count). The lowest BCUT2D eigenvalue weighted by atomic mass is 10.0. The van der Waals surface area contributed by atoms with Gasteiger partial charge in [-0.05, 0) is 25.0 Å². The zero-order chi connectivity index (χ0) is 11.2.